The monoisotopic (exact) mass is 322 g/mol. The third-order valence-corrected chi connectivity index (χ3v) is 4.62. The van der Waals surface area contributed by atoms with Gasteiger partial charge in [-0.2, -0.15) is 0 Å². The number of pyridine rings is 1. The summed E-state index contributed by atoms with van der Waals surface area (Å²) in [5.74, 6) is 0.544. The number of benzene rings is 1. The second-order valence-corrected chi connectivity index (χ2v) is 6.13. The molecule has 6 nitrogen and oxygen atoms in total. The summed E-state index contributed by atoms with van der Waals surface area (Å²) in [5, 5.41) is 4.32. The lowest BCUT2D eigenvalue weighted by Crippen LogP contribution is -2.32. The number of rotatable bonds is 2. The third kappa shape index (κ3) is 2.65. The molecule has 3 aromatic rings. The molecule has 0 spiro atoms. The molecule has 0 radical (unpaired) electrons. The molecule has 2 N–H and O–H groups in total. The maximum atomic E-state index is 12.0. The molecule has 1 aliphatic heterocycles. The summed E-state index contributed by atoms with van der Waals surface area (Å²) in [6, 6.07) is 9.45. The highest BCUT2D eigenvalue weighted by atomic mass is 16.2. The van der Waals surface area contributed by atoms with Crippen LogP contribution in [0.1, 0.15) is 24.3 Å². The molecule has 4 rings (SSSR count). The fraction of sp³-hybridized carbons (Fsp3) is 0.278. The van der Waals surface area contributed by atoms with Gasteiger partial charge in [0.05, 0.1) is 17.4 Å². The van der Waals surface area contributed by atoms with Gasteiger partial charge in [0.15, 0.2) is 0 Å². The molecule has 6 heteroatoms. The molecule has 0 amide bonds. The molecule has 3 heterocycles. The lowest BCUT2D eigenvalue weighted by Gasteiger charge is -2.23. The average Bonchev–Trinajstić information content (AvgIpc) is 2.62. The first-order chi connectivity index (χ1) is 11.7. The van der Waals surface area contributed by atoms with Crippen molar-refractivity contribution in [1.82, 2.24) is 19.9 Å². The molecule has 0 atom stereocenters. The highest BCUT2D eigenvalue weighted by molar-refractivity contribution is 5.81. The first kappa shape index (κ1) is 14.8. The van der Waals surface area contributed by atoms with E-state index >= 15 is 0 Å². The normalized spacial score (nSPS) is 15.7. The Morgan fingerprint density at radius 2 is 1.92 bits per heavy atom. The smallest absolute Gasteiger partial charge is 0.317 e. The largest absolute Gasteiger partial charge is 0.333 e. The highest BCUT2D eigenvalue weighted by Gasteiger charge is 2.15. The summed E-state index contributed by atoms with van der Waals surface area (Å²) in [7, 11) is 0. The predicted molar refractivity (Wildman–Crippen MR) is 92.8 cm³/mol. The number of H-pyrrole nitrogens is 1. The Hall–Kier alpha value is -2.73. The van der Waals surface area contributed by atoms with Gasteiger partial charge in [0.1, 0.15) is 0 Å². The van der Waals surface area contributed by atoms with Gasteiger partial charge in [-0.3, -0.25) is 9.78 Å². The molecule has 1 aromatic carbocycles. The Bertz CT molecular complexity index is 971. The van der Waals surface area contributed by atoms with Crippen LogP contribution >= 0.6 is 0 Å². The lowest BCUT2D eigenvalue weighted by atomic mass is 9.89. The molecule has 0 bridgehead atoms. The quantitative estimate of drug-likeness (QED) is 0.750. The van der Waals surface area contributed by atoms with Crippen LogP contribution in [0.15, 0.2) is 52.3 Å². The number of hydrogen-bond donors (Lipinski definition) is 2. The maximum Gasteiger partial charge on any atom is 0.333 e. The van der Waals surface area contributed by atoms with E-state index in [0.717, 1.165) is 41.4 Å². The minimum Gasteiger partial charge on any atom is -0.317 e. The van der Waals surface area contributed by atoms with Crippen LogP contribution in [0.3, 0.4) is 0 Å². The Morgan fingerprint density at radius 3 is 2.71 bits per heavy atom. The van der Waals surface area contributed by atoms with Crippen molar-refractivity contribution in [1.29, 1.82) is 0 Å². The zero-order chi connectivity index (χ0) is 16.5. The van der Waals surface area contributed by atoms with E-state index in [1.165, 1.54) is 17.8 Å². The van der Waals surface area contributed by atoms with Gasteiger partial charge in [0, 0.05) is 17.6 Å². The molecule has 1 fully saturated rings. The van der Waals surface area contributed by atoms with Crippen LogP contribution in [0.4, 0.5) is 0 Å². The number of aromatic nitrogens is 3. The molecule has 24 heavy (non-hydrogen) atoms. The van der Waals surface area contributed by atoms with E-state index in [0.29, 0.717) is 11.6 Å². The van der Waals surface area contributed by atoms with Crippen molar-refractivity contribution in [2.45, 2.75) is 18.8 Å². The summed E-state index contributed by atoms with van der Waals surface area (Å²) in [5.41, 5.74) is 1.80. The van der Waals surface area contributed by atoms with Crippen LogP contribution in [-0.2, 0) is 0 Å². The third-order valence-electron chi connectivity index (χ3n) is 4.62. The van der Waals surface area contributed by atoms with E-state index in [1.807, 2.05) is 12.1 Å². The van der Waals surface area contributed by atoms with Crippen molar-refractivity contribution >= 4 is 10.9 Å². The van der Waals surface area contributed by atoms with Crippen molar-refractivity contribution in [3.8, 4) is 5.69 Å². The van der Waals surface area contributed by atoms with Crippen molar-refractivity contribution < 1.29 is 0 Å². The minimum absolute atomic E-state index is 0.366. The first-order valence-electron chi connectivity index (χ1n) is 8.14. The number of piperidine rings is 1. The molecular weight excluding hydrogens is 304 g/mol. The van der Waals surface area contributed by atoms with Crippen LogP contribution in [0.5, 0.6) is 0 Å². The van der Waals surface area contributed by atoms with Gasteiger partial charge in [-0.1, -0.05) is 6.07 Å². The topological polar surface area (TPSA) is 79.8 Å². The Balaban J connectivity index is 1.82. The summed E-state index contributed by atoms with van der Waals surface area (Å²) < 4.78 is 1.10. The predicted octanol–water partition coefficient (Wildman–Crippen LogP) is 1.54. The highest BCUT2D eigenvalue weighted by Crippen LogP contribution is 2.28. The van der Waals surface area contributed by atoms with Crippen molar-refractivity contribution in [3.63, 3.8) is 0 Å². The fourth-order valence-electron chi connectivity index (χ4n) is 3.34. The number of fused-ring (bicyclic) bond motifs is 1. The van der Waals surface area contributed by atoms with Gasteiger partial charge < -0.3 is 10.3 Å². The number of nitrogens with zero attached hydrogens (tertiary/aromatic N) is 2. The maximum absolute atomic E-state index is 12.0. The SMILES string of the molecule is O=c1cc[nH]c(=O)n1-c1cnc2ccc(C3CCNCC3)cc2c1. The number of hydrogen-bond acceptors (Lipinski definition) is 4. The molecular formula is C18H18N4O2. The van der Waals surface area contributed by atoms with E-state index in [2.05, 4.69) is 27.4 Å². The van der Waals surface area contributed by atoms with Crippen molar-refractivity contribution in [2.24, 2.45) is 0 Å². The second-order valence-electron chi connectivity index (χ2n) is 6.13. The number of nitrogens with one attached hydrogen (secondary N) is 2. The first-order valence-corrected chi connectivity index (χ1v) is 8.14. The zero-order valence-corrected chi connectivity index (χ0v) is 13.2. The number of aromatic amines is 1. The zero-order valence-electron chi connectivity index (χ0n) is 13.2. The van der Waals surface area contributed by atoms with E-state index in [4.69, 9.17) is 0 Å². The van der Waals surface area contributed by atoms with Gasteiger partial charge >= 0.3 is 5.69 Å². The average molecular weight is 322 g/mol. The van der Waals surface area contributed by atoms with Crippen LogP contribution in [0.2, 0.25) is 0 Å². The van der Waals surface area contributed by atoms with E-state index in [1.54, 1.807) is 6.20 Å². The van der Waals surface area contributed by atoms with Crippen LogP contribution in [0.25, 0.3) is 16.6 Å². The van der Waals surface area contributed by atoms with Gasteiger partial charge in [0.2, 0.25) is 0 Å². The van der Waals surface area contributed by atoms with Gasteiger partial charge in [-0.05, 0) is 55.6 Å². The Labute approximate surface area is 138 Å². The standard InChI is InChI=1S/C18H18N4O2/c23-17-5-8-20-18(24)22(17)15-10-14-9-13(1-2-16(14)21-11-15)12-3-6-19-7-4-12/h1-2,5,8-12,19H,3-4,6-7H2,(H,20,24). The lowest BCUT2D eigenvalue weighted by molar-refractivity contribution is 0.460. The molecule has 1 saturated heterocycles. The van der Waals surface area contributed by atoms with E-state index in [-0.39, 0.29) is 5.56 Å². The molecule has 0 aliphatic carbocycles. The van der Waals surface area contributed by atoms with Crippen molar-refractivity contribution in [3.05, 3.63) is 69.1 Å². The van der Waals surface area contributed by atoms with Crippen LogP contribution in [-0.4, -0.2) is 27.6 Å². The second kappa shape index (κ2) is 6.05. The summed E-state index contributed by atoms with van der Waals surface area (Å²) in [4.78, 5) is 30.9. The van der Waals surface area contributed by atoms with Gasteiger partial charge in [-0.15, -0.1) is 0 Å². The van der Waals surface area contributed by atoms with Gasteiger partial charge in [0.25, 0.3) is 5.56 Å². The van der Waals surface area contributed by atoms with Crippen LogP contribution in [0, 0.1) is 0 Å². The molecule has 2 aromatic heterocycles. The Morgan fingerprint density at radius 1 is 1.08 bits per heavy atom. The van der Waals surface area contributed by atoms with Crippen LogP contribution < -0.4 is 16.6 Å². The minimum atomic E-state index is -0.460. The molecule has 122 valence electrons. The van der Waals surface area contributed by atoms with E-state index in [9.17, 15) is 9.59 Å². The molecule has 1 aliphatic rings. The summed E-state index contributed by atoms with van der Waals surface area (Å²) in [6.07, 6.45) is 5.15. The summed E-state index contributed by atoms with van der Waals surface area (Å²) >= 11 is 0. The Kier molecular flexibility index (Phi) is 3.74. The van der Waals surface area contributed by atoms with Gasteiger partial charge in [-0.25, -0.2) is 9.36 Å². The molecule has 0 saturated carbocycles. The summed E-state index contributed by atoms with van der Waals surface area (Å²) in [6.45, 7) is 2.07. The fourth-order valence-corrected chi connectivity index (χ4v) is 3.34. The van der Waals surface area contributed by atoms with E-state index < -0.39 is 5.69 Å². The molecule has 0 unspecified atom stereocenters. The van der Waals surface area contributed by atoms with Crippen molar-refractivity contribution in [2.75, 3.05) is 13.1 Å².